The van der Waals surface area contributed by atoms with Gasteiger partial charge in [0, 0.05) is 42.1 Å². The molecule has 2 aliphatic heterocycles. The summed E-state index contributed by atoms with van der Waals surface area (Å²) in [6.45, 7) is 0.899. The van der Waals surface area contributed by atoms with Gasteiger partial charge >= 0.3 is 0 Å². The van der Waals surface area contributed by atoms with Gasteiger partial charge in [-0.05, 0) is 37.1 Å². The Kier molecular flexibility index (Phi) is 5.61. The molecule has 2 amide bonds. The standard InChI is InChI=1S/C19H18Cl2N4O4S/c20-12-7-13(9-14(8-12)24-4-1-3-18(24)26)23-19(27)15-10-17(22-11-16(15)21)25-5-2-6-30(25,28)29/h7-11H,1-6H2,(H,23,27). The van der Waals surface area contributed by atoms with Gasteiger partial charge in [0.25, 0.3) is 5.91 Å². The average Bonchev–Trinajstić information content (AvgIpc) is 3.26. The van der Waals surface area contributed by atoms with Crippen LogP contribution in [0.15, 0.2) is 30.5 Å². The van der Waals surface area contributed by atoms with Gasteiger partial charge in [0.1, 0.15) is 5.82 Å². The maximum Gasteiger partial charge on any atom is 0.257 e. The second-order valence-corrected chi connectivity index (χ2v) is 9.92. The van der Waals surface area contributed by atoms with Crippen LogP contribution < -0.4 is 14.5 Å². The molecule has 1 aromatic carbocycles. The van der Waals surface area contributed by atoms with Crippen LogP contribution in [0.5, 0.6) is 0 Å². The Labute approximate surface area is 183 Å². The van der Waals surface area contributed by atoms with Crippen LogP contribution in [0, 0.1) is 0 Å². The average molecular weight is 469 g/mol. The molecule has 158 valence electrons. The summed E-state index contributed by atoms with van der Waals surface area (Å²) >= 11 is 12.3. The zero-order valence-corrected chi connectivity index (χ0v) is 18.1. The highest BCUT2D eigenvalue weighted by Gasteiger charge is 2.30. The van der Waals surface area contributed by atoms with Crippen molar-refractivity contribution >= 4 is 62.2 Å². The molecule has 2 aliphatic rings. The van der Waals surface area contributed by atoms with E-state index in [9.17, 15) is 18.0 Å². The molecule has 0 saturated carbocycles. The smallest absolute Gasteiger partial charge is 0.257 e. The number of sulfonamides is 1. The summed E-state index contributed by atoms with van der Waals surface area (Å²) in [5.74, 6) is -0.347. The number of nitrogens with zero attached hydrogens (tertiary/aromatic N) is 3. The van der Waals surface area contributed by atoms with Crippen LogP contribution in [-0.2, 0) is 14.8 Å². The van der Waals surface area contributed by atoms with E-state index in [1.165, 1.54) is 16.6 Å². The van der Waals surface area contributed by atoms with Crippen LogP contribution in [0.2, 0.25) is 10.0 Å². The van der Waals surface area contributed by atoms with Crippen molar-refractivity contribution in [2.24, 2.45) is 0 Å². The van der Waals surface area contributed by atoms with E-state index in [1.807, 2.05) is 0 Å². The van der Waals surface area contributed by atoms with Gasteiger partial charge in [0.05, 0.1) is 16.3 Å². The van der Waals surface area contributed by atoms with Crippen molar-refractivity contribution in [3.8, 4) is 0 Å². The molecule has 2 saturated heterocycles. The van der Waals surface area contributed by atoms with Crippen molar-refractivity contribution in [2.45, 2.75) is 19.3 Å². The van der Waals surface area contributed by atoms with Crippen LogP contribution in [0.25, 0.3) is 0 Å². The highest BCUT2D eigenvalue weighted by molar-refractivity contribution is 7.93. The molecule has 8 nitrogen and oxygen atoms in total. The molecule has 2 fully saturated rings. The van der Waals surface area contributed by atoms with Crippen molar-refractivity contribution in [1.29, 1.82) is 0 Å². The van der Waals surface area contributed by atoms with Crippen molar-refractivity contribution < 1.29 is 18.0 Å². The van der Waals surface area contributed by atoms with E-state index in [-0.39, 0.29) is 28.1 Å². The number of hydrogen-bond donors (Lipinski definition) is 1. The number of amides is 2. The molecule has 0 aliphatic carbocycles. The number of hydrogen-bond acceptors (Lipinski definition) is 5. The van der Waals surface area contributed by atoms with E-state index in [0.717, 1.165) is 6.42 Å². The first-order chi connectivity index (χ1) is 14.2. The fourth-order valence-electron chi connectivity index (χ4n) is 3.56. The topological polar surface area (TPSA) is 99.7 Å². The van der Waals surface area contributed by atoms with Crippen LogP contribution in [0.1, 0.15) is 29.6 Å². The highest BCUT2D eigenvalue weighted by atomic mass is 35.5. The molecule has 0 unspecified atom stereocenters. The fourth-order valence-corrected chi connectivity index (χ4v) is 5.48. The minimum absolute atomic E-state index is 0.00295. The van der Waals surface area contributed by atoms with Crippen molar-refractivity contribution in [1.82, 2.24) is 4.98 Å². The Morgan fingerprint density at radius 2 is 1.90 bits per heavy atom. The Morgan fingerprint density at radius 1 is 1.10 bits per heavy atom. The number of carbonyl (C=O) groups is 2. The summed E-state index contributed by atoms with van der Waals surface area (Å²) in [5.41, 5.74) is 1.08. The minimum Gasteiger partial charge on any atom is -0.322 e. The third kappa shape index (κ3) is 4.10. The highest BCUT2D eigenvalue weighted by Crippen LogP contribution is 2.30. The lowest BCUT2D eigenvalue weighted by Crippen LogP contribution is -2.26. The third-order valence-corrected chi connectivity index (χ3v) is 7.33. The fraction of sp³-hybridized carbons (Fsp3) is 0.316. The van der Waals surface area contributed by atoms with Gasteiger partial charge in [-0.2, -0.15) is 0 Å². The van der Waals surface area contributed by atoms with Crippen LogP contribution in [-0.4, -0.2) is 44.1 Å². The van der Waals surface area contributed by atoms with E-state index in [4.69, 9.17) is 23.2 Å². The normalized spacial score (nSPS) is 18.1. The third-order valence-electron chi connectivity index (χ3n) is 4.97. The summed E-state index contributed by atoms with van der Waals surface area (Å²) in [7, 11) is -3.44. The maximum atomic E-state index is 12.9. The molecule has 11 heteroatoms. The van der Waals surface area contributed by atoms with Gasteiger partial charge in [0.2, 0.25) is 15.9 Å². The quantitative estimate of drug-likeness (QED) is 0.741. The molecule has 0 bridgehead atoms. The number of anilines is 3. The van der Waals surface area contributed by atoms with E-state index in [0.29, 0.717) is 42.3 Å². The lowest BCUT2D eigenvalue weighted by molar-refractivity contribution is -0.117. The first-order valence-corrected chi connectivity index (χ1v) is 11.7. The first-order valence-electron chi connectivity index (χ1n) is 9.33. The second-order valence-electron chi connectivity index (χ2n) is 7.07. The van der Waals surface area contributed by atoms with Gasteiger partial charge < -0.3 is 10.2 Å². The molecule has 1 N–H and O–H groups in total. The van der Waals surface area contributed by atoms with Crippen LogP contribution in [0.3, 0.4) is 0 Å². The number of halogens is 2. The summed E-state index contributed by atoms with van der Waals surface area (Å²) in [4.78, 5) is 30.6. The van der Waals surface area contributed by atoms with Gasteiger partial charge in [-0.15, -0.1) is 0 Å². The van der Waals surface area contributed by atoms with E-state index in [2.05, 4.69) is 10.3 Å². The molecule has 3 heterocycles. The number of benzene rings is 1. The first kappa shape index (κ1) is 20.9. The summed E-state index contributed by atoms with van der Waals surface area (Å²) in [6.07, 6.45) is 2.99. The monoisotopic (exact) mass is 468 g/mol. The van der Waals surface area contributed by atoms with Gasteiger partial charge in [-0.25, -0.2) is 13.4 Å². The molecule has 1 aromatic heterocycles. The molecule has 30 heavy (non-hydrogen) atoms. The molecule has 2 aromatic rings. The molecule has 0 atom stereocenters. The maximum absolute atomic E-state index is 12.9. The lowest BCUT2D eigenvalue weighted by Gasteiger charge is -2.18. The number of rotatable bonds is 4. The number of pyridine rings is 1. The zero-order valence-electron chi connectivity index (χ0n) is 15.8. The van der Waals surface area contributed by atoms with Gasteiger partial charge in [-0.1, -0.05) is 23.2 Å². The Bertz CT molecular complexity index is 1140. The van der Waals surface area contributed by atoms with Crippen molar-refractivity contribution in [3.05, 3.63) is 46.1 Å². The molecular formula is C19H18Cl2N4O4S. The zero-order chi connectivity index (χ0) is 21.5. The van der Waals surface area contributed by atoms with Gasteiger partial charge in [-0.3, -0.25) is 13.9 Å². The Hall–Kier alpha value is -2.36. The summed E-state index contributed by atoms with van der Waals surface area (Å²) < 4.78 is 25.5. The number of nitrogens with one attached hydrogen (secondary N) is 1. The lowest BCUT2D eigenvalue weighted by atomic mass is 10.2. The molecule has 0 radical (unpaired) electrons. The van der Waals surface area contributed by atoms with Gasteiger partial charge in [0.15, 0.2) is 0 Å². The molecular weight excluding hydrogens is 451 g/mol. The minimum atomic E-state index is -3.44. The van der Waals surface area contributed by atoms with Crippen molar-refractivity contribution in [2.75, 3.05) is 33.4 Å². The number of aromatic nitrogens is 1. The molecule has 4 rings (SSSR count). The Morgan fingerprint density at radius 3 is 2.57 bits per heavy atom. The van der Waals surface area contributed by atoms with E-state index >= 15 is 0 Å². The van der Waals surface area contributed by atoms with E-state index < -0.39 is 15.9 Å². The second kappa shape index (κ2) is 8.05. The largest absolute Gasteiger partial charge is 0.322 e. The van der Waals surface area contributed by atoms with E-state index in [1.54, 1.807) is 23.1 Å². The van der Waals surface area contributed by atoms with Crippen LogP contribution >= 0.6 is 23.2 Å². The van der Waals surface area contributed by atoms with Crippen molar-refractivity contribution in [3.63, 3.8) is 0 Å². The summed E-state index contributed by atoms with van der Waals surface area (Å²) in [6, 6.07) is 6.24. The number of carbonyl (C=O) groups excluding carboxylic acids is 2. The predicted molar refractivity (Wildman–Crippen MR) is 116 cm³/mol. The molecule has 0 spiro atoms. The summed E-state index contributed by atoms with van der Waals surface area (Å²) in [5, 5.41) is 3.17. The van der Waals surface area contributed by atoms with Crippen LogP contribution in [0.4, 0.5) is 17.2 Å². The predicted octanol–water partition coefficient (Wildman–Crippen LogP) is 3.31. The SMILES string of the molecule is O=C(Nc1cc(Cl)cc(N2CCCC2=O)c1)c1cc(N2CCCS2(=O)=O)ncc1Cl. The Balaban J connectivity index is 1.61.